The highest BCUT2D eigenvalue weighted by Crippen LogP contribution is 2.09. The predicted octanol–water partition coefficient (Wildman–Crippen LogP) is 1.81. The minimum atomic E-state index is 0.656. The monoisotopic (exact) mass is 292 g/mol. The number of hydrogen-bond acceptors (Lipinski definition) is 3. The minimum absolute atomic E-state index is 0.656. The molecule has 1 aliphatic heterocycles. The fraction of sp³-hybridized carbons (Fsp3) is 1.00. The lowest BCUT2D eigenvalue weighted by Gasteiger charge is -2.27. The first-order valence-electron chi connectivity index (χ1n) is 6.29. The summed E-state index contributed by atoms with van der Waals surface area (Å²) in [4.78, 5) is 5.16. The third-order valence-corrected chi connectivity index (χ3v) is 3.74. The lowest BCUT2D eigenvalue weighted by molar-refractivity contribution is 0.140. The first-order valence-corrected chi connectivity index (χ1v) is 7.41. The summed E-state index contributed by atoms with van der Waals surface area (Å²) in [6.07, 6.45) is 2.44. The Morgan fingerprint density at radius 3 is 2.75 bits per heavy atom. The van der Waals surface area contributed by atoms with Crippen LogP contribution in [0.2, 0.25) is 0 Å². The highest BCUT2D eigenvalue weighted by atomic mass is 79.9. The normalized spacial score (nSPS) is 21.9. The van der Waals surface area contributed by atoms with Crippen LogP contribution in [0.5, 0.6) is 0 Å². The molecule has 0 aliphatic carbocycles. The largest absolute Gasteiger partial charge is 0.385 e. The Hall–Kier alpha value is 0.360. The van der Waals surface area contributed by atoms with Gasteiger partial charge in [-0.15, -0.1) is 0 Å². The van der Waals surface area contributed by atoms with Crippen molar-refractivity contribution in [3.63, 3.8) is 0 Å². The van der Waals surface area contributed by atoms with Gasteiger partial charge in [-0.3, -0.25) is 4.90 Å². The summed E-state index contributed by atoms with van der Waals surface area (Å²) in [5, 5.41) is 1.09. The third-order valence-electron chi connectivity index (χ3n) is 3.39. The molecule has 1 saturated heterocycles. The molecule has 1 rings (SSSR count). The van der Waals surface area contributed by atoms with E-state index in [1.807, 2.05) is 0 Å². The van der Waals surface area contributed by atoms with E-state index < -0.39 is 0 Å². The van der Waals surface area contributed by atoms with Gasteiger partial charge in [0.2, 0.25) is 0 Å². The highest BCUT2D eigenvalue weighted by molar-refractivity contribution is 9.09. The summed E-state index contributed by atoms with van der Waals surface area (Å²) in [7, 11) is 1.78. The molecule has 0 aromatic rings. The smallest absolute Gasteiger partial charge is 0.0477 e. The molecule has 0 bridgehead atoms. The molecule has 0 saturated carbocycles. The van der Waals surface area contributed by atoms with Gasteiger partial charge in [0, 0.05) is 44.7 Å². The van der Waals surface area contributed by atoms with Crippen LogP contribution in [-0.4, -0.2) is 67.6 Å². The molecule has 1 heterocycles. The van der Waals surface area contributed by atoms with Crippen molar-refractivity contribution in [3.05, 3.63) is 0 Å². The van der Waals surface area contributed by atoms with Gasteiger partial charge in [0.05, 0.1) is 0 Å². The Morgan fingerprint density at radius 2 is 2.06 bits per heavy atom. The van der Waals surface area contributed by atoms with Gasteiger partial charge < -0.3 is 9.64 Å². The van der Waals surface area contributed by atoms with E-state index >= 15 is 0 Å². The lowest BCUT2D eigenvalue weighted by atomic mass is 10.2. The van der Waals surface area contributed by atoms with E-state index in [9.17, 15) is 0 Å². The van der Waals surface area contributed by atoms with Crippen LogP contribution in [0.1, 0.15) is 19.8 Å². The number of rotatable bonds is 6. The highest BCUT2D eigenvalue weighted by Gasteiger charge is 2.18. The third kappa shape index (κ3) is 5.13. The van der Waals surface area contributed by atoms with Gasteiger partial charge in [-0.2, -0.15) is 0 Å². The molecule has 0 aromatic carbocycles. The van der Waals surface area contributed by atoms with Gasteiger partial charge in [0.1, 0.15) is 0 Å². The van der Waals surface area contributed by atoms with E-state index in [4.69, 9.17) is 4.74 Å². The van der Waals surface area contributed by atoms with Crippen molar-refractivity contribution in [2.45, 2.75) is 25.8 Å². The Kier molecular flexibility index (Phi) is 7.62. The Bertz CT molecular complexity index is 180. The number of methoxy groups -OCH3 is 1. The van der Waals surface area contributed by atoms with Crippen molar-refractivity contribution in [3.8, 4) is 0 Å². The summed E-state index contributed by atoms with van der Waals surface area (Å²) < 4.78 is 5.15. The van der Waals surface area contributed by atoms with Crippen molar-refractivity contribution < 1.29 is 4.74 Å². The molecule has 1 fully saturated rings. The molecule has 3 nitrogen and oxygen atoms in total. The topological polar surface area (TPSA) is 15.7 Å². The van der Waals surface area contributed by atoms with E-state index in [1.54, 1.807) is 7.11 Å². The van der Waals surface area contributed by atoms with Gasteiger partial charge >= 0.3 is 0 Å². The van der Waals surface area contributed by atoms with E-state index in [1.165, 1.54) is 39.1 Å². The van der Waals surface area contributed by atoms with Gasteiger partial charge in [-0.25, -0.2) is 0 Å². The molecule has 0 spiro atoms. The van der Waals surface area contributed by atoms with E-state index in [0.29, 0.717) is 6.04 Å². The van der Waals surface area contributed by atoms with Crippen LogP contribution in [0.4, 0.5) is 0 Å². The molecule has 4 heteroatoms. The second-order valence-electron chi connectivity index (χ2n) is 4.55. The number of halogens is 1. The molecule has 16 heavy (non-hydrogen) atoms. The van der Waals surface area contributed by atoms with Crippen LogP contribution in [0.15, 0.2) is 0 Å². The van der Waals surface area contributed by atoms with E-state index in [-0.39, 0.29) is 0 Å². The Morgan fingerprint density at radius 1 is 1.25 bits per heavy atom. The maximum Gasteiger partial charge on any atom is 0.0477 e. The quantitative estimate of drug-likeness (QED) is 0.695. The number of nitrogens with zero attached hydrogens (tertiary/aromatic N) is 2. The second-order valence-corrected chi connectivity index (χ2v) is 5.34. The average molecular weight is 293 g/mol. The minimum Gasteiger partial charge on any atom is -0.385 e. The zero-order valence-electron chi connectivity index (χ0n) is 10.6. The first kappa shape index (κ1) is 14.4. The summed E-state index contributed by atoms with van der Waals surface area (Å²) in [5.41, 5.74) is 0. The van der Waals surface area contributed by atoms with Crippen LogP contribution in [-0.2, 0) is 4.74 Å². The second kappa shape index (κ2) is 8.45. The summed E-state index contributed by atoms with van der Waals surface area (Å²) in [5.74, 6) is 0. The molecule has 0 N–H and O–H groups in total. The van der Waals surface area contributed by atoms with Gasteiger partial charge in [0.25, 0.3) is 0 Å². The zero-order valence-corrected chi connectivity index (χ0v) is 12.2. The van der Waals surface area contributed by atoms with Crippen molar-refractivity contribution in [1.82, 2.24) is 9.80 Å². The number of alkyl halides is 1. The van der Waals surface area contributed by atoms with Crippen LogP contribution >= 0.6 is 15.9 Å². The molecule has 1 atom stereocenters. The number of ether oxygens (including phenoxy) is 1. The molecular formula is C12H25BrN2O. The molecule has 0 amide bonds. The standard InChI is InChI=1S/C12H25BrN2O/c1-12(4-11-16-2)15-7-3-6-14(8-5-13)9-10-15/h12H,3-11H2,1-2H3. The van der Waals surface area contributed by atoms with Crippen LogP contribution in [0.25, 0.3) is 0 Å². The summed E-state index contributed by atoms with van der Waals surface area (Å²) in [6, 6.07) is 0.656. The fourth-order valence-electron chi connectivity index (χ4n) is 2.25. The Labute approximate surface area is 108 Å². The molecular weight excluding hydrogens is 268 g/mol. The van der Waals surface area contributed by atoms with E-state index in [0.717, 1.165) is 18.4 Å². The molecule has 1 unspecified atom stereocenters. The molecule has 0 aromatic heterocycles. The maximum absolute atomic E-state index is 5.15. The molecule has 0 radical (unpaired) electrons. The SMILES string of the molecule is COCCC(C)N1CCCN(CCBr)CC1. The van der Waals surface area contributed by atoms with Crippen LogP contribution < -0.4 is 0 Å². The van der Waals surface area contributed by atoms with Crippen LogP contribution in [0, 0.1) is 0 Å². The van der Waals surface area contributed by atoms with Gasteiger partial charge in [-0.05, 0) is 32.9 Å². The fourth-order valence-corrected chi connectivity index (χ4v) is 2.75. The van der Waals surface area contributed by atoms with Gasteiger partial charge in [-0.1, -0.05) is 15.9 Å². The van der Waals surface area contributed by atoms with E-state index in [2.05, 4.69) is 32.7 Å². The first-order chi connectivity index (χ1) is 7.77. The van der Waals surface area contributed by atoms with Crippen LogP contribution in [0.3, 0.4) is 0 Å². The average Bonchev–Trinajstić information content (AvgIpc) is 2.52. The molecule has 96 valence electrons. The lowest BCUT2D eigenvalue weighted by Crippen LogP contribution is -2.37. The predicted molar refractivity (Wildman–Crippen MR) is 72.4 cm³/mol. The zero-order chi connectivity index (χ0) is 11.8. The number of hydrogen-bond donors (Lipinski definition) is 0. The van der Waals surface area contributed by atoms with Gasteiger partial charge in [0.15, 0.2) is 0 Å². The maximum atomic E-state index is 5.15. The van der Waals surface area contributed by atoms with Crippen molar-refractivity contribution >= 4 is 15.9 Å². The molecule has 1 aliphatic rings. The van der Waals surface area contributed by atoms with Crippen molar-refractivity contribution in [2.75, 3.05) is 51.8 Å². The Balaban J connectivity index is 2.28. The van der Waals surface area contributed by atoms with Crippen molar-refractivity contribution in [1.29, 1.82) is 0 Å². The summed E-state index contributed by atoms with van der Waals surface area (Å²) >= 11 is 3.52. The summed E-state index contributed by atoms with van der Waals surface area (Å²) in [6.45, 7) is 9.28. The van der Waals surface area contributed by atoms with Crippen molar-refractivity contribution in [2.24, 2.45) is 0 Å².